The molecule has 4 nitrogen and oxygen atoms in total. The van der Waals surface area contributed by atoms with Crippen molar-refractivity contribution in [1.82, 2.24) is 14.5 Å². The number of fused-ring (bicyclic) bond motifs is 14. The summed E-state index contributed by atoms with van der Waals surface area (Å²) in [5, 5.41) is 3.50. The van der Waals surface area contributed by atoms with Gasteiger partial charge in [-0.1, -0.05) is 164 Å². The third kappa shape index (κ3) is 4.82. The Morgan fingerprint density at radius 2 is 1.05 bits per heavy atom. The zero-order chi connectivity index (χ0) is 40.1. The number of rotatable bonds is 4. The van der Waals surface area contributed by atoms with Crippen LogP contribution in [0.25, 0.3) is 83.3 Å². The summed E-state index contributed by atoms with van der Waals surface area (Å²) in [6.07, 6.45) is 0. The Labute approximate surface area is 352 Å². The van der Waals surface area contributed by atoms with Crippen molar-refractivity contribution in [2.75, 3.05) is 0 Å². The first kappa shape index (κ1) is 33.8. The van der Waals surface area contributed by atoms with E-state index >= 15 is 0 Å². The van der Waals surface area contributed by atoms with Crippen molar-refractivity contribution in [3.63, 3.8) is 0 Å². The predicted molar refractivity (Wildman–Crippen MR) is 248 cm³/mol. The van der Waals surface area contributed by atoms with Gasteiger partial charge in [0.2, 0.25) is 0 Å². The highest BCUT2D eigenvalue weighted by Crippen LogP contribution is 2.63. The second kappa shape index (κ2) is 13.0. The minimum atomic E-state index is -0.548. The van der Waals surface area contributed by atoms with E-state index in [0.717, 1.165) is 89.4 Å². The summed E-state index contributed by atoms with van der Waals surface area (Å²) in [7, 11) is 0. The van der Waals surface area contributed by atoms with Gasteiger partial charge in [0.15, 0.2) is 0 Å². The van der Waals surface area contributed by atoms with Crippen LogP contribution in [0.3, 0.4) is 0 Å². The molecule has 2 aliphatic rings. The molecule has 0 radical (unpaired) electrons. The van der Waals surface area contributed by atoms with Gasteiger partial charge < -0.3 is 4.74 Å². The third-order valence-corrected chi connectivity index (χ3v) is 12.9. The lowest BCUT2D eigenvalue weighted by Gasteiger charge is -2.39. The number of hydrogen-bond donors (Lipinski definition) is 0. The van der Waals surface area contributed by atoms with E-state index in [-0.39, 0.29) is 0 Å². The normalized spacial score (nSPS) is 13.2. The smallest absolute Gasteiger partial charge is 0.145 e. The van der Waals surface area contributed by atoms with Gasteiger partial charge in [-0.3, -0.25) is 4.57 Å². The first-order valence-electron chi connectivity index (χ1n) is 20.8. The molecule has 284 valence electrons. The number of nitrogens with zero attached hydrogens (tertiary/aromatic N) is 3. The summed E-state index contributed by atoms with van der Waals surface area (Å²) in [6, 6.07) is 75.8. The van der Waals surface area contributed by atoms with Crippen molar-refractivity contribution in [3.05, 3.63) is 235 Å². The van der Waals surface area contributed by atoms with E-state index < -0.39 is 5.41 Å². The fraction of sp³-hybridized carbons (Fsp3) is 0.0175. The van der Waals surface area contributed by atoms with Crippen molar-refractivity contribution >= 4 is 32.7 Å². The van der Waals surface area contributed by atoms with Gasteiger partial charge >= 0.3 is 0 Å². The Morgan fingerprint density at radius 3 is 1.85 bits per heavy atom. The van der Waals surface area contributed by atoms with Crippen LogP contribution in [0, 0.1) is 0 Å². The largest absolute Gasteiger partial charge is 0.457 e. The highest BCUT2D eigenvalue weighted by atomic mass is 16.5. The molecule has 0 N–H and O–H groups in total. The topological polar surface area (TPSA) is 39.9 Å². The van der Waals surface area contributed by atoms with Gasteiger partial charge in [-0.05, 0) is 81.9 Å². The lowest BCUT2D eigenvalue weighted by atomic mass is 9.66. The Balaban J connectivity index is 0.991. The number of hydrogen-bond acceptors (Lipinski definition) is 3. The molecule has 1 aliphatic heterocycles. The van der Waals surface area contributed by atoms with Crippen molar-refractivity contribution < 1.29 is 4.74 Å². The molecule has 9 aromatic carbocycles. The summed E-state index contributed by atoms with van der Waals surface area (Å²) >= 11 is 0. The fourth-order valence-electron chi connectivity index (χ4n) is 10.3. The molecule has 0 saturated carbocycles. The molecule has 0 bridgehead atoms. The van der Waals surface area contributed by atoms with Crippen LogP contribution >= 0.6 is 0 Å². The van der Waals surface area contributed by atoms with Crippen LogP contribution < -0.4 is 4.74 Å². The average Bonchev–Trinajstić information content (AvgIpc) is 3.86. The monoisotopic (exact) mass is 777 g/mol. The van der Waals surface area contributed by atoms with Crippen LogP contribution in [0.1, 0.15) is 22.3 Å². The number of pyridine rings is 1. The van der Waals surface area contributed by atoms with Crippen LogP contribution in [0.15, 0.2) is 212 Å². The molecule has 0 saturated heterocycles. The molecular formula is C57H35N3O. The standard InChI is InChI=1S/C57H35N3O/c1-2-17-40(18-3-1)60-50-26-11-10-25-49(50)59-56(60)37-31-29-36(30-32-37)38-15-14-16-39(35-38)55-43-33-34-47-54(53(43)42-20-5-9-24-48(42)58-55)41-19-4-6-21-44(41)57(47)45-22-7-12-27-51(45)61-52-28-13-8-23-46(52)57/h1-35H. The summed E-state index contributed by atoms with van der Waals surface area (Å²) < 4.78 is 8.88. The van der Waals surface area contributed by atoms with E-state index in [1.54, 1.807) is 0 Å². The molecule has 0 fully saturated rings. The number of ether oxygens (including phenoxy) is 1. The van der Waals surface area contributed by atoms with E-state index in [2.05, 4.69) is 205 Å². The van der Waals surface area contributed by atoms with E-state index in [1.807, 2.05) is 12.1 Å². The quantitative estimate of drug-likeness (QED) is 0.167. The van der Waals surface area contributed by atoms with Gasteiger partial charge in [0.05, 0.1) is 27.7 Å². The number of imidazole rings is 1. The zero-order valence-electron chi connectivity index (χ0n) is 33.0. The van der Waals surface area contributed by atoms with E-state index in [9.17, 15) is 0 Å². The zero-order valence-corrected chi connectivity index (χ0v) is 33.0. The molecule has 0 amide bonds. The molecule has 0 atom stereocenters. The maximum atomic E-state index is 6.63. The van der Waals surface area contributed by atoms with Crippen LogP contribution in [-0.4, -0.2) is 14.5 Å². The number of aromatic nitrogens is 3. The molecule has 2 aromatic heterocycles. The van der Waals surface area contributed by atoms with Crippen molar-refractivity contribution in [2.24, 2.45) is 0 Å². The van der Waals surface area contributed by atoms with Gasteiger partial charge in [-0.15, -0.1) is 0 Å². The van der Waals surface area contributed by atoms with Crippen LogP contribution in [0.4, 0.5) is 0 Å². The van der Waals surface area contributed by atoms with E-state index in [4.69, 9.17) is 14.7 Å². The molecule has 4 heteroatoms. The molecule has 0 unspecified atom stereocenters. The van der Waals surface area contributed by atoms with Crippen molar-refractivity contribution in [1.29, 1.82) is 0 Å². The fourth-order valence-corrected chi connectivity index (χ4v) is 10.3. The molecule has 1 aliphatic carbocycles. The summed E-state index contributed by atoms with van der Waals surface area (Å²) in [5.74, 6) is 2.70. The minimum Gasteiger partial charge on any atom is -0.457 e. The SMILES string of the molecule is c1ccc(-n2c(-c3ccc(-c4cccc(-c5nc6ccccc6c6c7c(ccc56)C5(c6ccccc6Oc6ccccc65)c5ccccc5-7)c4)cc3)nc3ccccc32)cc1. The van der Waals surface area contributed by atoms with Gasteiger partial charge in [0.1, 0.15) is 17.3 Å². The minimum absolute atomic E-state index is 0.548. The second-order valence-corrected chi connectivity index (χ2v) is 16.0. The lowest BCUT2D eigenvalue weighted by Crippen LogP contribution is -2.32. The number of para-hydroxylation sites is 6. The van der Waals surface area contributed by atoms with Gasteiger partial charge in [-0.2, -0.15) is 0 Å². The Kier molecular flexibility index (Phi) is 7.19. The maximum Gasteiger partial charge on any atom is 0.145 e. The number of benzene rings is 9. The molecule has 3 heterocycles. The highest BCUT2D eigenvalue weighted by molar-refractivity contribution is 6.19. The van der Waals surface area contributed by atoms with Gasteiger partial charge in [0, 0.05) is 44.1 Å². The molecule has 1 spiro atoms. The van der Waals surface area contributed by atoms with Crippen molar-refractivity contribution in [2.45, 2.75) is 5.41 Å². The first-order chi connectivity index (χ1) is 30.3. The Morgan fingerprint density at radius 1 is 0.410 bits per heavy atom. The van der Waals surface area contributed by atoms with Crippen molar-refractivity contribution in [3.8, 4) is 62.1 Å². The molecule has 61 heavy (non-hydrogen) atoms. The van der Waals surface area contributed by atoms with Crippen LogP contribution in [0.2, 0.25) is 0 Å². The maximum absolute atomic E-state index is 6.63. The lowest BCUT2D eigenvalue weighted by molar-refractivity contribution is 0.436. The molecular weight excluding hydrogens is 743 g/mol. The molecule has 13 rings (SSSR count). The third-order valence-electron chi connectivity index (χ3n) is 12.9. The van der Waals surface area contributed by atoms with E-state index in [1.165, 1.54) is 27.6 Å². The van der Waals surface area contributed by atoms with Crippen LogP contribution in [-0.2, 0) is 5.41 Å². The predicted octanol–water partition coefficient (Wildman–Crippen LogP) is 14.2. The Bertz CT molecular complexity index is 3520. The summed E-state index contributed by atoms with van der Waals surface area (Å²) in [4.78, 5) is 10.6. The summed E-state index contributed by atoms with van der Waals surface area (Å²) in [6.45, 7) is 0. The van der Waals surface area contributed by atoms with Crippen LogP contribution in [0.5, 0.6) is 11.5 Å². The first-order valence-corrected chi connectivity index (χ1v) is 20.8. The van der Waals surface area contributed by atoms with Gasteiger partial charge in [0.25, 0.3) is 0 Å². The molecule has 11 aromatic rings. The second-order valence-electron chi connectivity index (χ2n) is 16.0. The van der Waals surface area contributed by atoms with Gasteiger partial charge in [-0.25, -0.2) is 9.97 Å². The average molecular weight is 778 g/mol. The Hall–Kier alpha value is -8.08. The van der Waals surface area contributed by atoms with E-state index in [0.29, 0.717) is 0 Å². The summed E-state index contributed by atoms with van der Waals surface area (Å²) in [5.41, 5.74) is 16.3. The highest BCUT2D eigenvalue weighted by Gasteiger charge is 2.51.